The van der Waals surface area contributed by atoms with Crippen molar-refractivity contribution in [3.05, 3.63) is 15.0 Å². The van der Waals surface area contributed by atoms with Gasteiger partial charge in [0.25, 0.3) is 0 Å². The molecular formula is C6H6BrF3N2S. The van der Waals surface area contributed by atoms with Crippen LogP contribution in [-0.4, -0.2) is 17.7 Å². The number of alkyl halides is 3. The van der Waals surface area contributed by atoms with Gasteiger partial charge in [-0.05, 0) is 15.9 Å². The normalized spacial score (nSPS) is 12.0. The van der Waals surface area contributed by atoms with Crippen LogP contribution in [0.1, 0.15) is 5.01 Å². The van der Waals surface area contributed by atoms with Gasteiger partial charge in [0.1, 0.15) is 9.61 Å². The number of halogens is 4. The lowest BCUT2D eigenvalue weighted by molar-refractivity contribution is -0.125. The van der Waals surface area contributed by atoms with Gasteiger partial charge in [0.05, 0.1) is 6.54 Å². The van der Waals surface area contributed by atoms with Crippen LogP contribution >= 0.6 is 27.3 Å². The summed E-state index contributed by atoms with van der Waals surface area (Å²) >= 11 is 4.43. The third-order valence-electron chi connectivity index (χ3n) is 1.13. The Bertz CT molecular complexity index is 273. The van der Waals surface area contributed by atoms with Crippen molar-refractivity contribution in [1.82, 2.24) is 10.3 Å². The van der Waals surface area contributed by atoms with Crippen molar-refractivity contribution in [3.63, 3.8) is 0 Å². The summed E-state index contributed by atoms with van der Waals surface area (Å²) in [7, 11) is 0. The van der Waals surface area contributed by atoms with Crippen LogP contribution in [0.3, 0.4) is 0 Å². The van der Waals surface area contributed by atoms with Crippen LogP contribution in [0.25, 0.3) is 0 Å². The molecular weight excluding hydrogens is 269 g/mol. The molecule has 0 unspecified atom stereocenters. The van der Waals surface area contributed by atoms with E-state index in [0.717, 1.165) is 0 Å². The monoisotopic (exact) mass is 274 g/mol. The molecule has 1 N–H and O–H groups in total. The van der Waals surface area contributed by atoms with Gasteiger partial charge >= 0.3 is 6.18 Å². The lowest BCUT2D eigenvalue weighted by Crippen LogP contribution is -2.28. The molecule has 1 heterocycles. The van der Waals surface area contributed by atoms with E-state index in [1.54, 1.807) is 5.38 Å². The van der Waals surface area contributed by atoms with Gasteiger partial charge in [0.15, 0.2) is 0 Å². The van der Waals surface area contributed by atoms with E-state index in [-0.39, 0.29) is 6.54 Å². The maximum atomic E-state index is 11.7. The summed E-state index contributed by atoms with van der Waals surface area (Å²) in [6.45, 7) is -0.833. The first kappa shape index (κ1) is 10.9. The largest absolute Gasteiger partial charge is 0.401 e. The van der Waals surface area contributed by atoms with Crippen LogP contribution in [0.5, 0.6) is 0 Å². The molecule has 0 bridgehead atoms. The molecule has 0 saturated carbocycles. The molecule has 0 amide bonds. The van der Waals surface area contributed by atoms with Gasteiger partial charge < -0.3 is 5.32 Å². The Kier molecular flexibility index (Phi) is 3.69. The number of nitrogens with one attached hydrogen (secondary N) is 1. The summed E-state index contributed by atoms with van der Waals surface area (Å²) in [5, 5.41) is 4.62. The van der Waals surface area contributed by atoms with Crippen LogP contribution in [0.15, 0.2) is 9.98 Å². The third-order valence-corrected chi connectivity index (χ3v) is 2.68. The van der Waals surface area contributed by atoms with E-state index < -0.39 is 12.7 Å². The van der Waals surface area contributed by atoms with Crippen molar-refractivity contribution in [2.75, 3.05) is 6.54 Å². The number of thiazole rings is 1. The second-order valence-electron chi connectivity index (χ2n) is 2.28. The minimum absolute atomic E-state index is 0.149. The fourth-order valence-corrected chi connectivity index (χ4v) is 1.92. The van der Waals surface area contributed by atoms with E-state index >= 15 is 0 Å². The van der Waals surface area contributed by atoms with E-state index in [4.69, 9.17) is 0 Å². The van der Waals surface area contributed by atoms with Crippen LogP contribution in [0.2, 0.25) is 0 Å². The Morgan fingerprint density at radius 1 is 1.54 bits per heavy atom. The zero-order valence-electron chi connectivity index (χ0n) is 6.36. The first-order chi connectivity index (χ1) is 5.97. The third kappa shape index (κ3) is 4.58. The molecule has 0 aromatic carbocycles. The number of nitrogens with zero attached hydrogens (tertiary/aromatic N) is 1. The molecule has 0 aliphatic carbocycles. The minimum Gasteiger partial charge on any atom is -0.302 e. The predicted octanol–water partition coefficient (Wildman–Crippen LogP) is 2.56. The topological polar surface area (TPSA) is 24.9 Å². The average Bonchev–Trinajstić information content (AvgIpc) is 2.33. The first-order valence-electron chi connectivity index (χ1n) is 3.35. The molecule has 2 nitrogen and oxygen atoms in total. The smallest absolute Gasteiger partial charge is 0.302 e. The maximum absolute atomic E-state index is 11.7. The zero-order valence-corrected chi connectivity index (χ0v) is 8.76. The fraction of sp³-hybridized carbons (Fsp3) is 0.500. The highest BCUT2D eigenvalue weighted by Crippen LogP contribution is 2.16. The summed E-state index contributed by atoms with van der Waals surface area (Å²) in [5.74, 6) is 0. The Morgan fingerprint density at radius 2 is 2.23 bits per heavy atom. The average molecular weight is 275 g/mol. The molecule has 7 heteroatoms. The Balaban J connectivity index is 2.28. The Labute approximate surface area is 85.3 Å². The quantitative estimate of drug-likeness (QED) is 0.917. The van der Waals surface area contributed by atoms with Gasteiger partial charge in [-0.15, -0.1) is 11.3 Å². The van der Waals surface area contributed by atoms with Crippen molar-refractivity contribution >= 4 is 27.3 Å². The van der Waals surface area contributed by atoms with E-state index in [0.29, 0.717) is 9.61 Å². The molecule has 1 rings (SSSR count). The number of aromatic nitrogens is 1. The van der Waals surface area contributed by atoms with E-state index in [2.05, 4.69) is 26.2 Å². The number of hydrogen-bond donors (Lipinski definition) is 1. The summed E-state index contributed by atoms with van der Waals surface area (Å²) < 4.78 is 35.7. The van der Waals surface area contributed by atoms with Gasteiger partial charge in [-0.1, -0.05) is 0 Å². The molecule has 1 aromatic heterocycles. The summed E-state index contributed by atoms with van der Waals surface area (Å²) in [4.78, 5) is 3.94. The molecule has 0 spiro atoms. The van der Waals surface area contributed by atoms with Crippen LogP contribution in [-0.2, 0) is 6.54 Å². The molecule has 0 aliphatic heterocycles. The molecule has 0 fully saturated rings. The van der Waals surface area contributed by atoms with Crippen molar-refractivity contribution < 1.29 is 13.2 Å². The van der Waals surface area contributed by atoms with Crippen LogP contribution in [0.4, 0.5) is 13.2 Å². The molecule has 0 aliphatic rings. The lowest BCUT2D eigenvalue weighted by atomic mass is 10.6. The van der Waals surface area contributed by atoms with Gasteiger partial charge in [-0.2, -0.15) is 13.2 Å². The summed E-state index contributed by atoms with van der Waals surface area (Å²) in [5.41, 5.74) is 0. The molecule has 0 saturated heterocycles. The van der Waals surface area contributed by atoms with Crippen molar-refractivity contribution in [2.45, 2.75) is 12.7 Å². The van der Waals surface area contributed by atoms with Gasteiger partial charge in [0, 0.05) is 11.9 Å². The van der Waals surface area contributed by atoms with Crippen LogP contribution in [0, 0.1) is 0 Å². The SMILES string of the molecule is FC(F)(F)CNCc1nc(Br)cs1. The van der Waals surface area contributed by atoms with Crippen LogP contribution < -0.4 is 5.32 Å². The lowest BCUT2D eigenvalue weighted by Gasteiger charge is -2.05. The van der Waals surface area contributed by atoms with E-state index in [9.17, 15) is 13.2 Å². The molecule has 1 aromatic rings. The standard InChI is InChI=1S/C6H6BrF3N2S/c7-4-2-13-5(12-4)1-11-3-6(8,9)10/h2,11H,1,3H2. The second-order valence-corrected chi connectivity index (χ2v) is 4.04. The predicted molar refractivity (Wildman–Crippen MR) is 47.6 cm³/mol. The van der Waals surface area contributed by atoms with Crippen molar-refractivity contribution in [3.8, 4) is 0 Å². The Morgan fingerprint density at radius 3 is 2.69 bits per heavy atom. The molecule has 0 atom stereocenters. The van der Waals surface area contributed by atoms with Crippen molar-refractivity contribution in [2.24, 2.45) is 0 Å². The summed E-state index contributed by atoms with van der Waals surface area (Å²) in [6, 6.07) is 0. The molecule has 74 valence electrons. The van der Waals surface area contributed by atoms with Gasteiger partial charge in [0.2, 0.25) is 0 Å². The fourth-order valence-electron chi connectivity index (χ4n) is 0.681. The Hall–Kier alpha value is -0.140. The number of rotatable bonds is 3. The number of hydrogen-bond acceptors (Lipinski definition) is 3. The highest BCUT2D eigenvalue weighted by atomic mass is 79.9. The van der Waals surface area contributed by atoms with Crippen molar-refractivity contribution in [1.29, 1.82) is 0 Å². The zero-order chi connectivity index (χ0) is 9.90. The highest BCUT2D eigenvalue weighted by Gasteiger charge is 2.26. The summed E-state index contributed by atoms with van der Waals surface area (Å²) in [6.07, 6.45) is -4.16. The van der Waals surface area contributed by atoms with Gasteiger partial charge in [-0.25, -0.2) is 4.98 Å². The molecule has 13 heavy (non-hydrogen) atoms. The van der Waals surface area contributed by atoms with E-state index in [1.165, 1.54) is 11.3 Å². The molecule has 0 radical (unpaired) electrons. The first-order valence-corrected chi connectivity index (χ1v) is 5.02. The minimum atomic E-state index is -4.16. The van der Waals surface area contributed by atoms with E-state index in [1.807, 2.05) is 0 Å². The highest BCUT2D eigenvalue weighted by molar-refractivity contribution is 9.10. The second kappa shape index (κ2) is 4.39. The maximum Gasteiger partial charge on any atom is 0.401 e. The van der Waals surface area contributed by atoms with Gasteiger partial charge in [-0.3, -0.25) is 0 Å².